The van der Waals surface area contributed by atoms with Crippen molar-refractivity contribution in [3.63, 3.8) is 0 Å². The average Bonchev–Trinajstić information content (AvgIpc) is 2.29. The van der Waals surface area contributed by atoms with Gasteiger partial charge in [0, 0.05) is 11.0 Å². The second kappa shape index (κ2) is 3.18. The predicted octanol–water partition coefficient (Wildman–Crippen LogP) is 3.26. The van der Waals surface area contributed by atoms with E-state index in [1.54, 1.807) is 0 Å². The van der Waals surface area contributed by atoms with Gasteiger partial charge in [-0.3, -0.25) is 4.79 Å². The van der Waals surface area contributed by atoms with Crippen LogP contribution in [0.15, 0.2) is 10.5 Å². The van der Waals surface area contributed by atoms with Crippen LogP contribution in [0.25, 0.3) is 0 Å². The first-order valence-corrected chi connectivity index (χ1v) is 4.51. The van der Waals surface area contributed by atoms with Crippen molar-refractivity contribution >= 4 is 16.8 Å². The fraction of sp³-hybridized carbons (Fsp3) is 0.500. The van der Waals surface area contributed by atoms with E-state index in [4.69, 9.17) is 16.0 Å². The van der Waals surface area contributed by atoms with Crippen molar-refractivity contribution in [2.75, 3.05) is 0 Å². The molecule has 0 amide bonds. The van der Waals surface area contributed by atoms with Crippen molar-refractivity contribution in [1.82, 2.24) is 0 Å². The van der Waals surface area contributed by atoms with Crippen molar-refractivity contribution in [3.8, 4) is 0 Å². The molecule has 0 N–H and O–H groups in total. The van der Waals surface area contributed by atoms with Crippen molar-refractivity contribution in [3.05, 3.63) is 23.2 Å². The SMILES string of the molecule is Cc1cc(C(C)(C)C)oc1C(=O)Cl. The molecule has 0 aliphatic carbocycles. The molecule has 0 saturated heterocycles. The van der Waals surface area contributed by atoms with Gasteiger partial charge in [-0.1, -0.05) is 20.8 Å². The summed E-state index contributed by atoms with van der Waals surface area (Å²) in [6.07, 6.45) is 0. The standard InChI is InChI=1S/C10H13ClO2/c1-6-5-7(10(2,3)4)13-8(6)9(11)12/h5H,1-4H3. The van der Waals surface area contributed by atoms with E-state index in [2.05, 4.69) is 0 Å². The number of furan rings is 1. The zero-order valence-electron chi connectivity index (χ0n) is 8.27. The van der Waals surface area contributed by atoms with E-state index in [0.29, 0.717) is 0 Å². The predicted molar refractivity (Wildman–Crippen MR) is 52.3 cm³/mol. The Morgan fingerprint density at radius 3 is 2.23 bits per heavy atom. The molecule has 1 heterocycles. The topological polar surface area (TPSA) is 30.2 Å². The zero-order chi connectivity index (χ0) is 10.2. The molecule has 1 rings (SSSR count). The molecule has 1 aromatic rings. The molecule has 0 bridgehead atoms. The number of aryl methyl sites for hydroxylation is 1. The zero-order valence-corrected chi connectivity index (χ0v) is 9.03. The van der Waals surface area contributed by atoms with Crippen LogP contribution < -0.4 is 0 Å². The largest absolute Gasteiger partial charge is 0.456 e. The molecule has 1 aromatic heterocycles. The van der Waals surface area contributed by atoms with Gasteiger partial charge in [0.2, 0.25) is 0 Å². The number of halogens is 1. The molecule has 0 aromatic carbocycles. The Bertz CT molecular complexity index is 331. The van der Waals surface area contributed by atoms with E-state index < -0.39 is 5.24 Å². The van der Waals surface area contributed by atoms with Gasteiger partial charge in [-0.05, 0) is 24.6 Å². The molecule has 0 fully saturated rings. The summed E-state index contributed by atoms with van der Waals surface area (Å²) in [6.45, 7) is 7.88. The lowest BCUT2D eigenvalue weighted by molar-refractivity contribution is 0.105. The Labute approximate surface area is 82.9 Å². The van der Waals surface area contributed by atoms with Gasteiger partial charge in [-0.25, -0.2) is 0 Å². The van der Waals surface area contributed by atoms with E-state index >= 15 is 0 Å². The quantitative estimate of drug-likeness (QED) is 0.652. The fourth-order valence-electron chi connectivity index (χ4n) is 1.05. The molecular formula is C10H13ClO2. The highest BCUT2D eigenvalue weighted by Crippen LogP contribution is 2.27. The lowest BCUT2D eigenvalue weighted by Crippen LogP contribution is -2.09. The first-order chi connectivity index (χ1) is 5.82. The van der Waals surface area contributed by atoms with Crippen LogP contribution in [0.3, 0.4) is 0 Å². The molecule has 0 aliphatic rings. The molecule has 0 atom stereocenters. The molecule has 13 heavy (non-hydrogen) atoms. The minimum Gasteiger partial charge on any atom is -0.456 e. The van der Waals surface area contributed by atoms with E-state index in [1.165, 1.54) is 0 Å². The minimum atomic E-state index is -0.534. The Morgan fingerprint density at radius 1 is 1.46 bits per heavy atom. The molecule has 0 aliphatic heterocycles. The van der Waals surface area contributed by atoms with Crippen LogP contribution in [-0.4, -0.2) is 5.24 Å². The summed E-state index contributed by atoms with van der Waals surface area (Å²) in [6, 6.07) is 1.86. The van der Waals surface area contributed by atoms with Gasteiger partial charge in [-0.2, -0.15) is 0 Å². The van der Waals surface area contributed by atoms with Gasteiger partial charge < -0.3 is 4.42 Å². The molecule has 2 nitrogen and oxygen atoms in total. The molecule has 0 unspecified atom stereocenters. The van der Waals surface area contributed by atoms with Gasteiger partial charge in [0.05, 0.1) is 0 Å². The van der Waals surface area contributed by atoms with Gasteiger partial charge in [-0.15, -0.1) is 0 Å². The van der Waals surface area contributed by atoms with E-state index in [0.717, 1.165) is 11.3 Å². The lowest BCUT2D eigenvalue weighted by Gasteiger charge is -2.13. The molecule has 0 radical (unpaired) electrons. The van der Waals surface area contributed by atoms with Gasteiger partial charge in [0.1, 0.15) is 5.76 Å². The maximum atomic E-state index is 10.9. The smallest absolute Gasteiger partial charge is 0.288 e. The van der Waals surface area contributed by atoms with E-state index in [9.17, 15) is 4.79 Å². The summed E-state index contributed by atoms with van der Waals surface area (Å²) in [4.78, 5) is 10.9. The molecule has 0 saturated carbocycles. The third-order valence-corrected chi connectivity index (χ3v) is 2.01. The summed E-state index contributed by atoms with van der Waals surface area (Å²) in [5.41, 5.74) is 0.708. The van der Waals surface area contributed by atoms with Crippen molar-refractivity contribution in [2.45, 2.75) is 33.1 Å². The normalized spacial score (nSPS) is 11.8. The highest BCUT2D eigenvalue weighted by Gasteiger charge is 2.22. The van der Waals surface area contributed by atoms with Crippen molar-refractivity contribution < 1.29 is 9.21 Å². The van der Waals surface area contributed by atoms with Crippen LogP contribution in [-0.2, 0) is 5.41 Å². The Morgan fingerprint density at radius 2 is 2.00 bits per heavy atom. The molecule has 72 valence electrons. The Kier molecular flexibility index (Phi) is 2.53. The van der Waals surface area contributed by atoms with Crippen LogP contribution in [0.2, 0.25) is 0 Å². The third-order valence-electron chi connectivity index (χ3n) is 1.84. The maximum absolute atomic E-state index is 10.9. The minimum absolute atomic E-state index is 0.0879. The third kappa shape index (κ3) is 2.13. The van der Waals surface area contributed by atoms with Crippen LogP contribution >= 0.6 is 11.6 Å². The highest BCUT2D eigenvalue weighted by molar-refractivity contribution is 6.67. The Balaban J connectivity index is 3.17. The van der Waals surface area contributed by atoms with Crippen LogP contribution in [0.5, 0.6) is 0 Å². The monoisotopic (exact) mass is 200 g/mol. The van der Waals surface area contributed by atoms with Crippen LogP contribution in [0.1, 0.15) is 42.6 Å². The fourth-order valence-corrected chi connectivity index (χ4v) is 1.23. The second-order valence-electron chi connectivity index (χ2n) is 4.15. The summed E-state index contributed by atoms with van der Waals surface area (Å²) in [5, 5.41) is -0.534. The number of rotatable bonds is 1. The molecular weight excluding hydrogens is 188 g/mol. The number of carbonyl (C=O) groups excluding carboxylic acids is 1. The number of carbonyl (C=O) groups is 1. The number of hydrogen-bond donors (Lipinski definition) is 0. The Hall–Kier alpha value is -0.760. The molecule has 3 heteroatoms. The average molecular weight is 201 g/mol. The van der Waals surface area contributed by atoms with Crippen molar-refractivity contribution in [2.24, 2.45) is 0 Å². The summed E-state index contributed by atoms with van der Waals surface area (Å²) < 4.78 is 5.36. The summed E-state index contributed by atoms with van der Waals surface area (Å²) >= 11 is 5.34. The van der Waals surface area contributed by atoms with Gasteiger partial charge in [0.25, 0.3) is 5.24 Å². The van der Waals surface area contributed by atoms with Gasteiger partial charge >= 0.3 is 0 Å². The maximum Gasteiger partial charge on any atom is 0.288 e. The number of hydrogen-bond acceptors (Lipinski definition) is 2. The van der Waals surface area contributed by atoms with Crippen molar-refractivity contribution in [1.29, 1.82) is 0 Å². The summed E-state index contributed by atoms with van der Waals surface area (Å²) in [7, 11) is 0. The van der Waals surface area contributed by atoms with Crippen LogP contribution in [0.4, 0.5) is 0 Å². The molecule has 0 spiro atoms. The van der Waals surface area contributed by atoms with E-state index in [1.807, 2.05) is 33.8 Å². The first-order valence-electron chi connectivity index (χ1n) is 4.13. The highest BCUT2D eigenvalue weighted by atomic mass is 35.5. The van der Waals surface area contributed by atoms with E-state index in [-0.39, 0.29) is 11.2 Å². The summed E-state index contributed by atoms with van der Waals surface area (Å²) in [5.74, 6) is 1.04. The lowest BCUT2D eigenvalue weighted by atomic mass is 9.93. The van der Waals surface area contributed by atoms with Gasteiger partial charge in [0.15, 0.2) is 5.76 Å². The van der Waals surface area contributed by atoms with Crippen LogP contribution in [0, 0.1) is 6.92 Å². The first kappa shape index (κ1) is 10.3. The second-order valence-corrected chi connectivity index (χ2v) is 4.49.